The molecule has 1 fully saturated rings. The van der Waals surface area contributed by atoms with E-state index in [2.05, 4.69) is 32.5 Å². The maximum atomic E-state index is 9.11. The van der Waals surface area contributed by atoms with Crippen LogP contribution in [0.4, 0.5) is 0 Å². The molecule has 2 N–H and O–H groups in total. The van der Waals surface area contributed by atoms with Gasteiger partial charge in [-0.15, -0.1) is 5.10 Å². The molecule has 2 aromatic rings. The average Bonchev–Trinajstić information content (AvgIpc) is 3.16. The molecule has 0 radical (unpaired) electrons. The van der Waals surface area contributed by atoms with E-state index in [0.717, 1.165) is 13.0 Å². The van der Waals surface area contributed by atoms with Crippen molar-refractivity contribution >= 4 is 11.3 Å². The maximum Gasteiger partial charge on any atom is 0.108 e. The molecule has 3 rings (SSSR count). The lowest BCUT2D eigenvalue weighted by molar-refractivity contribution is 0.242. The van der Waals surface area contributed by atoms with Crippen LogP contribution in [-0.2, 0) is 13.2 Å². The number of aliphatic hydroxyl groups is 1. The fourth-order valence-corrected chi connectivity index (χ4v) is 3.52. The van der Waals surface area contributed by atoms with Gasteiger partial charge in [-0.25, -0.2) is 4.68 Å². The van der Waals surface area contributed by atoms with Crippen LogP contribution in [0, 0.1) is 0 Å². The normalized spacial score (nSPS) is 23.1. The smallest absolute Gasteiger partial charge is 0.108 e. The zero-order valence-corrected chi connectivity index (χ0v) is 12.2. The van der Waals surface area contributed by atoms with Gasteiger partial charge >= 0.3 is 0 Å². The highest BCUT2D eigenvalue weighted by Gasteiger charge is 2.27. The predicted octanol–water partition coefficient (Wildman–Crippen LogP) is 2.11. The Morgan fingerprint density at radius 2 is 2.30 bits per heavy atom. The molecule has 2 heterocycles. The number of aromatic nitrogens is 3. The molecular weight excluding hydrogens is 272 g/mol. The van der Waals surface area contributed by atoms with Gasteiger partial charge in [0.15, 0.2) is 0 Å². The van der Waals surface area contributed by atoms with E-state index in [-0.39, 0.29) is 6.61 Å². The minimum Gasteiger partial charge on any atom is -0.390 e. The Hall–Kier alpha value is -1.24. The van der Waals surface area contributed by atoms with Gasteiger partial charge in [-0.05, 0) is 35.2 Å². The lowest BCUT2D eigenvalue weighted by Crippen LogP contribution is -2.39. The molecule has 108 valence electrons. The van der Waals surface area contributed by atoms with Crippen molar-refractivity contribution in [3.8, 4) is 0 Å². The second-order valence-corrected chi connectivity index (χ2v) is 6.10. The molecule has 6 heteroatoms. The molecule has 0 aromatic carbocycles. The van der Waals surface area contributed by atoms with E-state index >= 15 is 0 Å². The summed E-state index contributed by atoms with van der Waals surface area (Å²) in [6.45, 7) is 0.867. The molecule has 2 atom stereocenters. The molecule has 1 aliphatic carbocycles. The van der Waals surface area contributed by atoms with Gasteiger partial charge in [0.2, 0.25) is 0 Å². The van der Waals surface area contributed by atoms with Crippen LogP contribution in [0.5, 0.6) is 0 Å². The Labute approximate surface area is 122 Å². The third kappa shape index (κ3) is 3.08. The zero-order valence-electron chi connectivity index (χ0n) is 11.4. The fraction of sp³-hybridized carbons (Fsp3) is 0.571. The number of hydrogen-bond acceptors (Lipinski definition) is 5. The van der Waals surface area contributed by atoms with Gasteiger partial charge in [0.25, 0.3) is 0 Å². The molecule has 1 aliphatic rings. The van der Waals surface area contributed by atoms with E-state index in [1.54, 1.807) is 11.3 Å². The molecule has 0 saturated heterocycles. The first-order valence-corrected chi connectivity index (χ1v) is 8.07. The molecule has 0 spiro atoms. The van der Waals surface area contributed by atoms with Crippen LogP contribution in [0.2, 0.25) is 0 Å². The first-order chi connectivity index (χ1) is 9.86. The molecule has 0 unspecified atom stereocenters. The first kappa shape index (κ1) is 13.7. The highest BCUT2D eigenvalue weighted by Crippen LogP contribution is 2.28. The largest absolute Gasteiger partial charge is 0.390 e. The lowest BCUT2D eigenvalue weighted by Gasteiger charge is -2.32. The summed E-state index contributed by atoms with van der Waals surface area (Å²) in [6, 6.07) is 2.93. The van der Waals surface area contributed by atoms with Crippen molar-refractivity contribution in [2.45, 2.75) is 50.9 Å². The van der Waals surface area contributed by atoms with Crippen LogP contribution in [-0.4, -0.2) is 26.1 Å². The summed E-state index contributed by atoms with van der Waals surface area (Å²) < 4.78 is 1.93. The monoisotopic (exact) mass is 292 g/mol. The molecule has 0 bridgehead atoms. The number of nitrogens with zero attached hydrogens (tertiary/aromatic N) is 3. The van der Waals surface area contributed by atoms with Gasteiger partial charge in [0, 0.05) is 12.6 Å². The molecule has 5 nitrogen and oxygen atoms in total. The minimum absolute atomic E-state index is 0.0419. The molecular formula is C14H20N4OS. The Bertz CT molecular complexity index is 525. The number of hydrogen-bond donors (Lipinski definition) is 2. The van der Waals surface area contributed by atoms with Crippen LogP contribution in [0.3, 0.4) is 0 Å². The van der Waals surface area contributed by atoms with Crippen molar-refractivity contribution in [3.63, 3.8) is 0 Å². The number of thiophene rings is 1. The third-order valence-electron chi connectivity index (χ3n) is 3.94. The molecule has 2 aromatic heterocycles. The van der Waals surface area contributed by atoms with Crippen molar-refractivity contribution < 1.29 is 5.11 Å². The molecule has 20 heavy (non-hydrogen) atoms. The van der Waals surface area contributed by atoms with Crippen molar-refractivity contribution in [2.24, 2.45) is 0 Å². The van der Waals surface area contributed by atoms with E-state index in [9.17, 15) is 0 Å². The summed E-state index contributed by atoms with van der Waals surface area (Å²) in [6.07, 6.45) is 6.66. The van der Waals surface area contributed by atoms with Gasteiger partial charge in [-0.2, -0.15) is 11.3 Å². The van der Waals surface area contributed by atoms with Crippen molar-refractivity contribution in [2.75, 3.05) is 0 Å². The summed E-state index contributed by atoms with van der Waals surface area (Å²) in [5.41, 5.74) is 1.99. The van der Waals surface area contributed by atoms with Crippen LogP contribution in [0.15, 0.2) is 23.0 Å². The van der Waals surface area contributed by atoms with Gasteiger partial charge in [0.1, 0.15) is 5.69 Å². The summed E-state index contributed by atoms with van der Waals surface area (Å²) in [5.74, 6) is 0. The zero-order chi connectivity index (χ0) is 13.8. The van der Waals surface area contributed by atoms with Crippen LogP contribution in [0.1, 0.15) is 43.0 Å². The first-order valence-electron chi connectivity index (χ1n) is 7.13. The second kappa shape index (κ2) is 6.47. The summed E-state index contributed by atoms with van der Waals surface area (Å²) in [5, 5.41) is 25.2. The van der Waals surface area contributed by atoms with Crippen molar-refractivity contribution in [3.05, 3.63) is 34.3 Å². The highest BCUT2D eigenvalue weighted by molar-refractivity contribution is 7.07. The van der Waals surface area contributed by atoms with Crippen LogP contribution >= 0.6 is 11.3 Å². The Kier molecular flexibility index (Phi) is 4.44. The quantitative estimate of drug-likeness (QED) is 0.886. The minimum atomic E-state index is -0.0419. The molecule has 1 saturated carbocycles. The highest BCUT2D eigenvalue weighted by atomic mass is 32.1. The summed E-state index contributed by atoms with van der Waals surface area (Å²) in [4.78, 5) is 0. The van der Waals surface area contributed by atoms with Gasteiger partial charge in [-0.3, -0.25) is 0 Å². The summed E-state index contributed by atoms with van der Waals surface area (Å²) >= 11 is 1.73. The molecule has 0 amide bonds. The molecule has 0 aliphatic heterocycles. The predicted molar refractivity (Wildman–Crippen MR) is 78.4 cm³/mol. The van der Waals surface area contributed by atoms with Crippen molar-refractivity contribution in [1.29, 1.82) is 0 Å². The van der Waals surface area contributed by atoms with E-state index in [0.29, 0.717) is 17.8 Å². The van der Waals surface area contributed by atoms with E-state index in [4.69, 9.17) is 5.11 Å². The third-order valence-corrected chi connectivity index (χ3v) is 4.67. The lowest BCUT2D eigenvalue weighted by atomic mass is 9.90. The maximum absolute atomic E-state index is 9.11. The van der Waals surface area contributed by atoms with Gasteiger partial charge in [0.05, 0.1) is 18.8 Å². The second-order valence-electron chi connectivity index (χ2n) is 5.32. The van der Waals surface area contributed by atoms with Gasteiger partial charge < -0.3 is 10.4 Å². The summed E-state index contributed by atoms with van der Waals surface area (Å²) in [7, 11) is 0. The SMILES string of the molecule is OCc1cn([C@@H]2CCCC[C@@H]2NCc2ccsc2)nn1. The number of nitrogens with one attached hydrogen (secondary N) is 1. The fourth-order valence-electron chi connectivity index (χ4n) is 2.86. The Morgan fingerprint density at radius 3 is 3.05 bits per heavy atom. The van der Waals surface area contributed by atoms with Crippen molar-refractivity contribution in [1.82, 2.24) is 20.3 Å². The topological polar surface area (TPSA) is 63.0 Å². The number of aliphatic hydroxyl groups excluding tert-OH is 1. The van der Waals surface area contributed by atoms with Crippen LogP contribution in [0.25, 0.3) is 0 Å². The average molecular weight is 292 g/mol. The Balaban J connectivity index is 1.67. The van der Waals surface area contributed by atoms with E-state index < -0.39 is 0 Å². The number of rotatable bonds is 5. The Morgan fingerprint density at radius 1 is 1.40 bits per heavy atom. The van der Waals surface area contributed by atoms with Gasteiger partial charge in [-0.1, -0.05) is 18.1 Å². The standard InChI is InChI=1S/C14H20N4OS/c19-9-12-8-18(17-16-12)14-4-2-1-3-13(14)15-7-11-5-6-20-10-11/h5-6,8,10,13-15,19H,1-4,7,9H2/t13-,14+/m0/s1. The van der Waals surface area contributed by atoms with E-state index in [1.165, 1.54) is 24.8 Å². The van der Waals surface area contributed by atoms with Crippen LogP contribution < -0.4 is 5.32 Å². The van der Waals surface area contributed by atoms with E-state index in [1.807, 2.05) is 10.9 Å².